The fourth-order valence-corrected chi connectivity index (χ4v) is 1.85. The van der Waals surface area contributed by atoms with E-state index in [9.17, 15) is 9.59 Å². The van der Waals surface area contributed by atoms with Crippen molar-refractivity contribution in [3.05, 3.63) is 46.8 Å². The second-order valence-corrected chi connectivity index (χ2v) is 5.95. The molecule has 7 heteroatoms. The van der Waals surface area contributed by atoms with E-state index in [0.29, 0.717) is 13.2 Å². The Kier molecular flexibility index (Phi) is 5.10. The number of aromatic nitrogens is 2. The Hall–Kier alpha value is -2.70. The first-order chi connectivity index (χ1) is 10.8. The number of anilines is 1. The molecule has 2 N–H and O–H groups in total. The summed E-state index contributed by atoms with van der Waals surface area (Å²) in [6.07, 6.45) is -0.619. The quantitative estimate of drug-likeness (QED) is 0.887. The Labute approximate surface area is 134 Å². The fourth-order valence-electron chi connectivity index (χ4n) is 1.85. The van der Waals surface area contributed by atoms with Crippen LogP contribution in [0.2, 0.25) is 0 Å². The predicted molar refractivity (Wildman–Crippen MR) is 86.8 cm³/mol. The first-order valence-electron chi connectivity index (χ1n) is 7.31. The maximum atomic E-state index is 11.8. The van der Waals surface area contributed by atoms with Crippen LogP contribution < -0.4 is 15.6 Å². The first kappa shape index (κ1) is 16.7. The van der Waals surface area contributed by atoms with Crippen LogP contribution in [0.1, 0.15) is 20.8 Å². The number of nitrogens with one attached hydrogen (secondary N) is 2. The van der Waals surface area contributed by atoms with Gasteiger partial charge in [-0.1, -0.05) is 18.2 Å². The summed E-state index contributed by atoms with van der Waals surface area (Å²) in [5, 5.41) is 5.29. The van der Waals surface area contributed by atoms with Crippen molar-refractivity contribution < 1.29 is 14.3 Å². The molecule has 1 heterocycles. The third-order valence-corrected chi connectivity index (χ3v) is 2.75. The van der Waals surface area contributed by atoms with Gasteiger partial charge in [-0.05, 0) is 32.9 Å². The van der Waals surface area contributed by atoms with Crippen molar-refractivity contribution in [2.75, 3.05) is 11.9 Å². The van der Waals surface area contributed by atoms with Crippen LogP contribution in [0, 0.1) is 0 Å². The molecule has 0 fully saturated rings. The standard InChI is InChI=1S/C16H21N3O4/c1-16(2,3)23-15(21)17-13-11-14(20)19(18-13)9-10-22-12-7-5-4-6-8-12/h4-8,11,18H,9-10H2,1-3H3,(H,17,21). The number of hydrogen-bond donors (Lipinski definition) is 2. The van der Waals surface area contributed by atoms with E-state index in [0.717, 1.165) is 5.75 Å². The van der Waals surface area contributed by atoms with Crippen molar-refractivity contribution in [2.45, 2.75) is 32.9 Å². The lowest BCUT2D eigenvalue weighted by molar-refractivity contribution is 0.0635. The van der Waals surface area contributed by atoms with Crippen LogP contribution in [-0.4, -0.2) is 28.1 Å². The Bertz CT molecular complexity index is 698. The number of amides is 1. The molecule has 7 nitrogen and oxygen atoms in total. The van der Waals surface area contributed by atoms with Crippen LogP contribution in [0.3, 0.4) is 0 Å². The predicted octanol–water partition coefficient (Wildman–Crippen LogP) is 2.60. The SMILES string of the molecule is CC(C)(C)OC(=O)Nc1cc(=O)n(CCOc2ccccc2)[nH]1. The Balaban J connectivity index is 1.88. The van der Waals surface area contributed by atoms with Crippen LogP contribution in [0.5, 0.6) is 5.75 Å². The van der Waals surface area contributed by atoms with Crippen molar-refractivity contribution in [1.82, 2.24) is 9.78 Å². The summed E-state index contributed by atoms with van der Waals surface area (Å²) < 4.78 is 12.0. The van der Waals surface area contributed by atoms with Gasteiger partial charge in [0, 0.05) is 6.07 Å². The lowest BCUT2D eigenvalue weighted by atomic mass is 10.2. The largest absolute Gasteiger partial charge is 0.492 e. The maximum absolute atomic E-state index is 11.8. The first-order valence-corrected chi connectivity index (χ1v) is 7.31. The molecule has 0 aliphatic carbocycles. The van der Waals surface area contributed by atoms with Crippen molar-refractivity contribution in [2.24, 2.45) is 0 Å². The summed E-state index contributed by atoms with van der Waals surface area (Å²) >= 11 is 0. The Morgan fingerprint density at radius 3 is 2.61 bits per heavy atom. The Morgan fingerprint density at radius 1 is 1.26 bits per heavy atom. The average Bonchev–Trinajstić information content (AvgIpc) is 2.78. The van der Waals surface area contributed by atoms with Gasteiger partial charge in [-0.3, -0.25) is 15.2 Å². The molecule has 23 heavy (non-hydrogen) atoms. The molecule has 0 atom stereocenters. The summed E-state index contributed by atoms with van der Waals surface area (Å²) in [6, 6.07) is 10.6. The van der Waals surface area contributed by atoms with E-state index in [1.807, 2.05) is 30.3 Å². The average molecular weight is 319 g/mol. The van der Waals surface area contributed by atoms with Crippen LogP contribution in [0.4, 0.5) is 10.6 Å². The van der Waals surface area contributed by atoms with Crippen molar-refractivity contribution in [3.63, 3.8) is 0 Å². The zero-order valence-electron chi connectivity index (χ0n) is 13.5. The van der Waals surface area contributed by atoms with E-state index in [1.165, 1.54) is 10.7 Å². The second kappa shape index (κ2) is 7.04. The van der Waals surface area contributed by atoms with Gasteiger partial charge in [-0.2, -0.15) is 0 Å². The molecule has 0 aliphatic heterocycles. The van der Waals surface area contributed by atoms with Crippen LogP contribution in [-0.2, 0) is 11.3 Å². The van der Waals surface area contributed by atoms with E-state index in [-0.39, 0.29) is 11.4 Å². The zero-order valence-corrected chi connectivity index (χ0v) is 13.5. The number of para-hydroxylation sites is 1. The van der Waals surface area contributed by atoms with Crippen LogP contribution in [0.25, 0.3) is 0 Å². The summed E-state index contributed by atoms with van der Waals surface area (Å²) in [7, 11) is 0. The van der Waals surface area contributed by atoms with Gasteiger partial charge >= 0.3 is 6.09 Å². The lowest BCUT2D eigenvalue weighted by Gasteiger charge is -2.19. The smallest absolute Gasteiger partial charge is 0.413 e. The normalized spacial score (nSPS) is 11.1. The number of aromatic amines is 1. The van der Waals surface area contributed by atoms with Gasteiger partial charge in [-0.15, -0.1) is 0 Å². The number of benzene rings is 1. The summed E-state index contributed by atoms with van der Waals surface area (Å²) in [6.45, 7) is 5.96. The molecule has 1 aromatic carbocycles. The minimum absolute atomic E-state index is 0.257. The van der Waals surface area contributed by atoms with Crippen molar-refractivity contribution in [3.8, 4) is 5.75 Å². The summed E-state index contributed by atoms with van der Waals surface area (Å²) in [5.41, 5.74) is -0.857. The summed E-state index contributed by atoms with van der Waals surface area (Å²) in [4.78, 5) is 23.5. The topological polar surface area (TPSA) is 85.3 Å². The molecule has 2 rings (SSSR count). The van der Waals surface area contributed by atoms with Gasteiger partial charge in [0.05, 0.1) is 6.54 Å². The van der Waals surface area contributed by atoms with Crippen LogP contribution >= 0.6 is 0 Å². The number of nitrogens with zero attached hydrogens (tertiary/aromatic N) is 1. The third kappa shape index (κ3) is 5.54. The van der Waals surface area contributed by atoms with Crippen molar-refractivity contribution >= 4 is 11.9 Å². The highest BCUT2D eigenvalue weighted by molar-refractivity contribution is 5.83. The highest BCUT2D eigenvalue weighted by Gasteiger charge is 2.17. The number of carbonyl (C=O) groups excluding carboxylic acids is 1. The molecule has 0 saturated heterocycles. The van der Waals surface area contributed by atoms with Crippen LogP contribution in [0.15, 0.2) is 41.2 Å². The van der Waals surface area contributed by atoms with Crippen molar-refractivity contribution in [1.29, 1.82) is 0 Å². The van der Waals surface area contributed by atoms with E-state index < -0.39 is 11.7 Å². The number of hydrogen-bond acceptors (Lipinski definition) is 4. The highest BCUT2D eigenvalue weighted by Crippen LogP contribution is 2.10. The molecule has 1 aromatic heterocycles. The fraction of sp³-hybridized carbons (Fsp3) is 0.375. The number of rotatable bonds is 5. The second-order valence-electron chi connectivity index (χ2n) is 5.95. The molecule has 2 aromatic rings. The molecule has 0 saturated carbocycles. The molecule has 0 aliphatic rings. The van der Waals surface area contributed by atoms with E-state index in [1.54, 1.807) is 20.8 Å². The maximum Gasteiger partial charge on any atom is 0.413 e. The molecule has 0 spiro atoms. The molecular weight excluding hydrogens is 298 g/mol. The van der Waals surface area contributed by atoms with Gasteiger partial charge in [0.25, 0.3) is 5.56 Å². The molecule has 124 valence electrons. The van der Waals surface area contributed by atoms with Gasteiger partial charge in [0.1, 0.15) is 23.8 Å². The van der Waals surface area contributed by atoms with E-state index in [2.05, 4.69) is 10.4 Å². The van der Waals surface area contributed by atoms with E-state index in [4.69, 9.17) is 9.47 Å². The molecular formula is C16H21N3O4. The molecule has 0 unspecified atom stereocenters. The van der Waals surface area contributed by atoms with Gasteiger partial charge in [0.15, 0.2) is 0 Å². The number of ether oxygens (including phenoxy) is 2. The molecule has 1 amide bonds. The highest BCUT2D eigenvalue weighted by atomic mass is 16.6. The van der Waals surface area contributed by atoms with Gasteiger partial charge < -0.3 is 9.47 Å². The lowest BCUT2D eigenvalue weighted by Crippen LogP contribution is -2.27. The minimum atomic E-state index is -0.619. The number of H-pyrrole nitrogens is 1. The number of carbonyl (C=O) groups is 1. The minimum Gasteiger partial charge on any atom is -0.492 e. The van der Waals surface area contributed by atoms with E-state index >= 15 is 0 Å². The summed E-state index contributed by atoms with van der Waals surface area (Å²) in [5.74, 6) is 1.02. The van der Waals surface area contributed by atoms with Gasteiger partial charge in [0.2, 0.25) is 0 Å². The Morgan fingerprint density at radius 2 is 1.96 bits per heavy atom. The zero-order chi connectivity index (χ0) is 16.9. The molecule has 0 radical (unpaired) electrons. The monoisotopic (exact) mass is 319 g/mol. The van der Waals surface area contributed by atoms with Gasteiger partial charge in [-0.25, -0.2) is 9.48 Å². The molecule has 0 bridgehead atoms. The third-order valence-electron chi connectivity index (χ3n) is 2.75.